The van der Waals surface area contributed by atoms with Gasteiger partial charge in [0.2, 0.25) is 0 Å². The third-order valence-electron chi connectivity index (χ3n) is 10.4. The molecule has 0 aliphatic carbocycles. The molecule has 10 rings (SSSR count). The van der Waals surface area contributed by atoms with E-state index >= 15 is 0 Å². The van der Waals surface area contributed by atoms with E-state index in [-0.39, 0.29) is 0 Å². The fourth-order valence-electron chi connectivity index (χ4n) is 8.06. The summed E-state index contributed by atoms with van der Waals surface area (Å²) in [5, 5.41) is 5.07. The smallest absolute Gasteiger partial charge is 0.0541 e. The maximum absolute atomic E-state index is 2.42. The Morgan fingerprint density at radius 1 is 0.308 bits per heavy atom. The van der Waals surface area contributed by atoms with Gasteiger partial charge in [0.25, 0.3) is 0 Å². The second kappa shape index (κ2) is 12.5. The van der Waals surface area contributed by atoms with Crippen molar-refractivity contribution in [3.63, 3.8) is 0 Å². The van der Waals surface area contributed by atoms with Crippen molar-refractivity contribution in [1.29, 1.82) is 0 Å². The Morgan fingerprint density at radius 3 is 1.31 bits per heavy atom. The maximum Gasteiger partial charge on any atom is 0.0541 e. The van der Waals surface area contributed by atoms with Crippen molar-refractivity contribution >= 4 is 55.8 Å². The summed E-state index contributed by atoms with van der Waals surface area (Å²) in [5.74, 6) is 0. The van der Waals surface area contributed by atoms with Crippen LogP contribution in [0.3, 0.4) is 0 Å². The number of para-hydroxylation sites is 5. The summed E-state index contributed by atoms with van der Waals surface area (Å²) in [6.07, 6.45) is 4.54. The normalized spacial score (nSPS) is 11.8. The second-order valence-electron chi connectivity index (χ2n) is 13.3. The monoisotopic (exact) mass is 662 g/mol. The first-order valence-corrected chi connectivity index (χ1v) is 17.9. The first kappa shape index (κ1) is 30.0. The molecule has 0 radical (unpaired) electrons. The van der Waals surface area contributed by atoms with E-state index in [0.29, 0.717) is 0 Å². The van der Waals surface area contributed by atoms with Crippen LogP contribution < -0.4 is 0 Å². The molecule has 2 nitrogen and oxygen atoms in total. The topological polar surface area (TPSA) is 9.86 Å². The van der Waals surface area contributed by atoms with Crippen LogP contribution in [0.4, 0.5) is 0 Å². The van der Waals surface area contributed by atoms with Gasteiger partial charge in [-0.25, -0.2) is 0 Å². The molecule has 0 unspecified atom stereocenters. The van der Waals surface area contributed by atoms with Gasteiger partial charge in [-0.2, -0.15) is 0 Å². The van der Waals surface area contributed by atoms with Gasteiger partial charge in [-0.15, -0.1) is 0 Å². The maximum atomic E-state index is 2.42. The Labute approximate surface area is 302 Å². The second-order valence-corrected chi connectivity index (χ2v) is 13.3. The fraction of sp³-hybridized carbons (Fsp3) is 0. The van der Waals surface area contributed by atoms with Crippen molar-refractivity contribution in [3.8, 4) is 33.6 Å². The molecule has 10 aromatic rings. The molecular formula is C50H34N2. The van der Waals surface area contributed by atoms with Crippen molar-refractivity contribution in [2.75, 3.05) is 0 Å². The van der Waals surface area contributed by atoms with Crippen LogP contribution in [0.1, 0.15) is 11.1 Å². The van der Waals surface area contributed by atoms with Crippen molar-refractivity contribution in [2.24, 2.45) is 0 Å². The highest BCUT2D eigenvalue weighted by Crippen LogP contribution is 2.38. The van der Waals surface area contributed by atoms with Crippen LogP contribution in [0.5, 0.6) is 0 Å². The summed E-state index contributed by atoms with van der Waals surface area (Å²) >= 11 is 0. The van der Waals surface area contributed by atoms with Gasteiger partial charge in [0, 0.05) is 32.8 Å². The van der Waals surface area contributed by atoms with E-state index in [1.165, 1.54) is 82.7 Å². The average Bonchev–Trinajstić information content (AvgIpc) is 3.73. The van der Waals surface area contributed by atoms with Gasteiger partial charge in [-0.05, 0) is 70.3 Å². The standard InChI is InChI=1S/C50H34N2/c1-3-20-39(37-18-15-19-38(34-37)51-46-27-10-6-23-42(46)43-24-7-11-28-47(43)51)35(16-1)32-33-36-17-2-4-21-40(36)41-22-5-12-29-48(41)52-49-30-13-8-25-44(49)45-26-9-14-31-50(45)52/h1-34H/b33-32+. The predicted octanol–water partition coefficient (Wildman–Crippen LogP) is 13.4. The van der Waals surface area contributed by atoms with Crippen LogP contribution in [0, 0.1) is 0 Å². The lowest BCUT2D eigenvalue weighted by molar-refractivity contribution is 1.18. The van der Waals surface area contributed by atoms with Crippen LogP contribution in [0.2, 0.25) is 0 Å². The highest BCUT2D eigenvalue weighted by Gasteiger charge is 2.16. The molecular weight excluding hydrogens is 629 g/mol. The molecule has 0 spiro atoms. The summed E-state index contributed by atoms with van der Waals surface area (Å²) in [6, 6.07) is 70.0. The predicted molar refractivity (Wildman–Crippen MR) is 221 cm³/mol. The molecule has 0 N–H and O–H groups in total. The van der Waals surface area contributed by atoms with Gasteiger partial charge >= 0.3 is 0 Å². The summed E-state index contributed by atoms with van der Waals surface area (Å²) < 4.78 is 4.80. The van der Waals surface area contributed by atoms with E-state index in [0.717, 1.165) is 5.69 Å². The lowest BCUT2D eigenvalue weighted by Gasteiger charge is -2.16. The van der Waals surface area contributed by atoms with Crippen molar-refractivity contribution < 1.29 is 0 Å². The van der Waals surface area contributed by atoms with Crippen molar-refractivity contribution in [2.45, 2.75) is 0 Å². The van der Waals surface area contributed by atoms with Gasteiger partial charge < -0.3 is 9.13 Å². The fourth-order valence-corrected chi connectivity index (χ4v) is 8.06. The van der Waals surface area contributed by atoms with E-state index in [4.69, 9.17) is 0 Å². The number of hydrogen-bond acceptors (Lipinski definition) is 0. The Bertz CT molecular complexity index is 2860. The van der Waals surface area contributed by atoms with E-state index in [1.807, 2.05) is 0 Å². The summed E-state index contributed by atoms with van der Waals surface area (Å²) in [5.41, 5.74) is 14.3. The zero-order chi connectivity index (χ0) is 34.4. The Morgan fingerprint density at radius 2 is 0.731 bits per heavy atom. The average molecular weight is 663 g/mol. The molecule has 2 heterocycles. The minimum atomic E-state index is 1.15. The first-order chi connectivity index (χ1) is 25.8. The molecule has 0 saturated carbocycles. The number of nitrogens with zero attached hydrogens (tertiary/aromatic N) is 2. The molecule has 2 heteroatoms. The Balaban J connectivity index is 1.07. The molecule has 0 amide bonds. The highest BCUT2D eigenvalue weighted by molar-refractivity contribution is 6.10. The molecule has 52 heavy (non-hydrogen) atoms. The van der Waals surface area contributed by atoms with Crippen LogP contribution in [-0.2, 0) is 0 Å². The number of fused-ring (bicyclic) bond motifs is 6. The van der Waals surface area contributed by atoms with Gasteiger partial charge in [-0.3, -0.25) is 0 Å². The SMILES string of the molecule is C(=C\c1ccccc1-c1ccccc1-n1c2ccccc2c2ccccc21)/c1ccccc1-c1cccc(-n2c3ccccc3c3ccccc32)c1. The Kier molecular flexibility index (Phi) is 7.18. The van der Waals surface area contributed by atoms with E-state index < -0.39 is 0 Å². The Hall–Kier alpha value is -6.90. The van der Waals surface area contributed by atoms with Crippen LogP contribution in [0.15, 0.2) is 194 Å². The largest absolute Gasteiger partial charge is 0.309 e. The van der Waals surface area contributed by atoms with Crippen LogP contribution >= 0.6 is 0 Å². The van der Waals surface area contributed by atoms with Gasteiger partial charge in [0.1, 0.15) is 0 Å². The van der Waals surface area contributed by atoms with Crippen LogP contribution in [0.25, 0.3) is 89.4 Å². The molecule has 0 aliphatic rings. The van der Waals surface area contributed by atoms with Crippen LogP contribution in [-0.4, -0.2) is 9.13 Å². The number of rotatable bonds is 6. The van der Waals surface area contributed by atoms with Crippen molar-refractivity contribution in [1.82, 2.24) is 9.13 Å². The number of benzene rings is 8. The van der Waals surface area contributed by atoms with Gasteiger partial charge in [-0.1, -0.05) is 164 Å². The quantitative estimate of drug-likeness (QED) is 0.157. The molecule has 2 aromatic heterocycles. The number of aromatic nitrogens is 2. The first-order valence-electron chi connectivity index (χ1n) is 17.9. The zero-order valence-corrected chi connectivity index (χ0v) is 28.5. The summed E-state index contributed by atoms with van der Waals surface area (Å²) in [6.45, 7) is 0. The lowest BCUT2D eigenvalue weighted by Crippen LogP contribution is -1.97. The highest BCUT2D eigenvalue weighted by atomic mass is 15.0. The van der Waals surface area contributed by atoms with E-state index in [1.54, 1.807) is 0 Å². The molecule has 0 bridgehead atoms. The molecule has 0 fully saturated rings. The van der Waals surface area contributed by atoms with Gasteiger partial charge in [0.05, 0.1) is 27.8 Å². The molecule has 0 aliphatic heterocycles. The van der Waals surface area contributed by atoms with E-state index in [9.17, 15) is 0 Å². The van der Waals surface area contributed by atoms with E-state index in [2.05, 4.69) is 215 Å². The third-order valence-corrected chi connectivity index (χ3v) is 10.4. The zero-order valence-electron chi connectivity index (χ0n) is 28.5. The molecule has 244 valence electrons. The van der Waals surface area contributed by atoms with Gasteiger partial charge in [0.15, 0.2) is 0 Å². The lowest BCUT2D eigenvalue weighted by atomic mass is 9.95. The molecule has 8 aromatic carbocycles. The minimum absolute atomic E-state index is 1.15. The summed E-state index contributed by atoms with van der Waals surface area (Å²) in [4.78, 5) is 0. The molecule has 0 atom stereocenters. The molecule has 0 saturated heterocycles. The van der Waals surface area contributed by atoms with Crippen molar-refractivity contribution in [3.05, 3.63) is 205 Å². The third kappa shape index (κ3) is 4.88. The summed E-state index contributed by atoms with van der Waals surface area (Å²) in [7, 11) is 0. The number of hydrogen-bond donors (Lipinski definition) is 0. The minimum Gasteiger partial charge on any atom is -0.309 e.